The predicted molar refractivity (Wildman–Crippen MR) is 54.8 cm³/mol. The maximum Gasteiger partial charge on any atom is 0.337 e. The molecule has 76 valence electrons. The highest BCUT2D eigenvalue weighted by molar-refractivity contribution is 5.45. The molecule has 1 N–H and O–H groups in total. The molecule has 4 heteroatoms. The first-order chi connectivity index (χ1) is 6.75. The van der Waals surface area contributed by atoms with Crippen LogP contribution in [0.3, 0.4) is 0 Å². The van der Waals surface area contributed by atoms with Crippen LogP contribution < -0.4 is 15.8 Å². The summed E-state index contributed by atoms with van der Waals surface area (Å²) in [4.78, 5) is 13.3. The van der Waals surface area contributed by atoms with Gasteiger partial charge in [0.2, 0.25) is 0 Å². The summed E-state index contributed by atoms with van der Waals surface area (Å²) >= 11 is 0. The predicted octanol–water partition coefficient (Wildman–Crippen LogP) is 0.358. The van der Waals surface area contributed by atoms with Crippen LogP contribution in [-0.4, -0.2) is 26.2 Å². The number of nitrogens with one attached hydrogen (secondary N) is 1. The van der Waals surface area contributed by atoms with Gasteiger partial charge >= 0.3 is 5.63 Å². The number of hydrogen-bond acceptors (Lipinski definition) is 4. The lowest BCUT2D eigenvalue weighted by Gasteiger charge is -2.29. The Morgan fingerprint density at radius 2 is 2.07 bits per heavy atom. The lowest BCUT2D eigenvalue weighted by Crippen LogP contribution is -2.43. The van der Waals surface area contributed by atoms with Crippen LogP contribution in [0.15, 0.2) is 21.3 Å². The molecule has 0 unspecified atom stereocenters. The van der Waals surface area contributed by atoms with Crippen LogP contribution >= 0.6 is 0 Å². The Kier molecular flexibility index (Phi) is 2.54. The average Bonchev–Trinajstić information content (AvgIpc) is 2.18. The van der Waals surface area contributed by atoms with Gasteiger partial charge in [-0.1, -0.05) is 0 Å². The summed E-state index contributed by atoms with van der Waals surface area (Å²) in [5.41, 5.74) is 0.707. The van der Waals surface area contributed by atoms with Crippen molar-refractivity contribution in [2.75, 3.05) is 31.1 Å². The van der Waals surface area contributed by atoms with Crippen molar-refractivity contribution in [1.29, 1.82) is 0 Å². The van der Waals surface area contributed by atoms with Crippen molar-refractivity contribution >= 4 is 5.69 Å². The molecule has 4 nitrogen and oxygen atoms in total. The molecule has 1 aliphatic rings. The zero-order chi connectivity index (χ0) is 9.97. The second-order valence-corrected chi connectivity index (χ2v) is 3.48. The number of anilines is 1. The maximum atomic E-state index is 11.1. The minimum atomic E-state index is -0.265. The van der Waals surface area contributed by atoms with Gasteiger partial charge in [0, 0.05) is 37.9 Å². The van der Waals surface area contributed by atoms with Crippen LogP contribution in [0.4, 0.5) is 5.69 Å². The molecular weight excluding hydrogens is 180 g/mol. The molecule has 2 heterocycles. The number of aryl methyl sites for hydroxylation is 1. The Morgan fingerprint density at radius 3 is 2.71 bits per heavy atom. The fourth-order valence-corrected chi connectivity index (χ4v) is 1.69. The zero-order valence-corrected chi connectivity index (χ0v) is 8.25. The molecule has 0 saturated carbocycles. The number of piperazine rings is 1. The molecule has 0 aromatic carbocycles. The van der Waals surface area contributed by atoms with E-state index in [0.29, 0.717) is 5.76 Å². The minimum Gasteiger partial charge on any atom is -0.428 e. The van der Waals surface area contributed by atoms with E-state index in [1.165, 1.54) is 0 Å². The van der Waals surface area contributed by atoms with E-state index < -0.39 is 0 Å². The van der Waals surface area contributed by atoms with Crippen molar-refractivity contribution in [1.82, 2.24) is 5.32 Å². The highest BCUT2D eigenvalue weighted by Gasteiger charge is 2.11. The molecule has 0 spiro atoms. The van der Waals surface area contributed by atoms with E-state index in [2.05, 4.69) is 10.2 Å². The summed E-state index contributed by atoms with van der Waals surface area (Å²) in [5, 5.41) is 3.27. The smallest absolute Gasteiger partial charge is 0.337 e. The molecule has 0 atom stereocenters. The third-order valence-corrected chi connectivity index (χ3v) is 2.36. The molecule has 2 rings (SSSR count). The van der Waals surface area contributed by atoms with Crippen LogP contribution in [0, 0.1) is 6.92 Å². The molecule has 0 radical (unpaired) electrons. The number of rotatable bonds is 1. The summed E-state index contributed by atoms with van der Waals surface area (Å²) in [6.07, 6.45) is 0. The van der Waals surface area contributed by atoms with Crippen molar-refractivity contribution in [3.05, 3.63) is 28.3 Å². The Morgan fingerprint density at radius 1 is 1.36 bits per heavy atom. The Bertz CT molecular complexity index is 367. The third-order valence-electron chi connectivity index (χ3n) is 2.36. The van der Waals surface area contributed by atoms with Gasteiger partial charge in [-0.05, 0) is 13.0 Å². The molecule has 1 fully saturated rings. The van der Waals surface area contributed by atoms with E-state index in [0.717, 1.165) is 31.9 Å². The highest BCUT2D eigenvalue weighted by atomic mass is 16.4. The molecule has 0 bridgehead atoms. The van der Waals surface area contributed by atoms with E-state index in [4.69, 9.17) is 4.42 Å². The summed E-state index contributed by atoms with van der Waals surface area (Å²) < 4.78 is 4.91. The number of hydrogen-bond donors (Lipinski definition) is 1. The third kappa shape index (κ3) is 1.96. The van der Waals surface area contributed by atoms with E-state index >= 15 is 0 Å². The van der Waals surface area contributed by atoms with Crippen LogP contribution in [0.2, 0.25) is 0 Å². The Hall–Kier alpha value is -1.29. The van der Waals surface area contributed by atoms with Gasteiger partial charge in [-0.3, -0.25) is 0 Å². The maximum absolute atomic E-state index is 11.1. The fourth-order valence-electron chi connectivity index (χ4n) is 1.69. The van der Waals surface area contributed by atoms with Gasteiger partial charge in [0.15, 0.2) is 0 Å². The first-order valence-electron chi connectivity index (χ1n) is 4.83. The first-order valence-corrected chi connectivity index (χ1v) is 4.83. The topological polar surface area (TPSA) is 45.5 Å². The molecule has 1 aliphatic heterocycles. The molecule has 1 aromatic rings. The van der Waals surface area contributed by atoms with Gasteiger partial charge in [-0.2, -0.15) is 0 Å². The average molecular weight is 194 g/mol. The highest BCUT2D eigenvalue weighted by Crippen LogP contribution is 2.13. The second kappa shape index (κ2) is 3.84. The van der Waals surface area contributed by atoms with E-state index in [-0.39, 0.29) is 5.63 Å². The second-order valence-electron chi connectivity index (χ2n) is 3.48. The van der Waals surface area contributed by atoms with Crippen LogP contribution in [0.1, 0.15) is 5.76 Å². The van der Waals surface area contributed by atoms with Crippen LogP contribution in [0.5, 0.6) is 0 Å². The molecule has 0 amide bonds. The van der Waals surface area contributed by atoms with Crippen molar-refractivity contribution in [3.63, 3.8) is 0 Å². The van der Waals surface area contributed by atoms with Crippen molar-refractivity contribution < 1.29 is 4.42 Å². The molecule has 14 heavy (non-hydrogen) atoms. The summed E-state index contributed by atoms with van der Waals surface area (Å²) in [6, 6.07) is 3.46. The van der Waals surface area contributed by atoms with E-state index in [9.17, 15) is 4.79 Å². The minimum absolute atomic E-state index is 0.265. The molecule has 0 aliphatic carbocycles. The van der Waals surface area contributed by atoms with Gasteiger partial charge in [0.05, 0.1) is 0 Å². The zero-order valence-electron chi connectivity index (χ0n) is 8.25. The Labute approximate surface area is 82.5 Å². The van der Waals surface area contributed by atoms with Crippen molar-refractivity contribution in [2.24, 2.45) is 0 Å². The van der Waals surface area contributed by atoms with Crippen LogP contribution in [0.25, 0.3) is 0 Å². The summed E-state index contributed by atoms with van der Waals surface area (Å²) in [5.74, 6) is 0.672. The lowest BCUT2D eigenvalue weighted by molar-refractivity contribution is 0.478. The van der Waals surface area contributed by atoms with Crippen molar-refractivity contribution in [3.8, 4) is 0 Å². The van der Waals surface area contributed by atoms with Gasteiger partial charge in [-0.15, -0.1) is 0 Å². The summed E-state index contributed by atoms with van der Waals surface area (Å²) in [7, 11) is 0. The largest absolute Gasteiger partial charge is 0.428 e. The van der Waals surface area contributed by atoms with Gasteiger partial charge in [0.1, 0.15) is 5.76 Å². The quantitative estimate of drug-likeness (QED) is 0.701. The molecule has 1 aromatic heterocycles. The number of nitrogens with zero attached hydrogens (tertiary/aromatic N) is 1. The SMILES string of the molecule is Cc1cc(N2CCNCC2)cc(=O)o1. The molecule has 1 saturated heterocycles. The fraction of sp³-hybridized carbons (Fsp3) is 0.500. The standard InChI is InChI=1S/C10H14N2O2/c1-8-6-9(7-10(13)14-8)12-4-2-11-3-5-12/h6-7,11H,2-5H2,1H3. The normalized spacial score (nSPS) is 17.1. The van der Waals surface area contributed by atoms with Crippen molar-refractivity contribution in [2.45, 2.75) is 6.92 Å². The summed E-state index contributed by atoms with van der Waals surface area (Å²) in [6.45, 7) is 5.64. The first kappa shape index (κ1) is 9.27. The monoisotopic (exact) mass is 194 g/mol. The Balaban J connectivity index is 2.26. The van der Waals surface area contributed by atoms with E-state index in [1.807, 2.05) is 6.07 Å². The lowest BCUT2D eigenvalue weighted by atomic mass is 10.3. The van der Waals surface area contributed by atoms with Gasteiger partial charge in [-0.25, -0.2) is 4.79 Å². The van der Waals surface area contributed by atoms with Gasteiger partial charge < -0.3 is 14.6 Å². The molecular formula is C10H14N2O2. The van der Waals surface area contributed by atoms with E-state index in [1.54, 1.807) is 13.0 Å². The van der Waals surface area contributed by atoms with Crippen LogP contribution in [-0.2, 0) is 0 Å². The van der Waals surface area contributed by atoms with Gasteiger partial charge in [0.25, 0.3) is 0 Å².